The van der Waals surface area contributed by atoms with E-state index >= 15 is 0 Å². The minimum Gasteiger partial charge on any atom is -0.449 e. The molecule has 0 aliphatic rings. The van der Waals surface area contributed by atoms with Gasteiger partial charge in [0.15, 0.2) is 6.10 Å². The zero-order valence-electron chi connectivity index (χ0n) is 13.7. The van der Waals surface area contributed by atoms with Crippen molar-refractivity contribution in [2.45, 2.75) is 13.0 Å². The predicted octanol–water partition coefficient (Wildman–Crippen LogP) is 3.12. The SMILES string of the molecule is C[C@@H](OC(=O)c1cc2ccccc2oc1=O)C(=O)Nc1ccc(F)cc1. The summed E-state index contributed by atoms with van der Waals surface area (Å²) in [6, 6.07) is 13.2. The molecule has 0 saturated carbocycles. The average Bonchev–Trinajstić information content (AvgIpc) is 2.62. The van der Waals surface area contributed by atoms with E-state index in [9.17, 15) is 18.8 Å². The maximum atomic E-state index is 12.9. The Bertz CT molecular complexity index is 1030. The summed E-state index contributed by atoms with van der Waals surface area (Å²) < 4.78 is 23.0. The highest BCUT2D eigenvalue weighted by molar-refractivity contribution is 5.98. The number of hydrogen-bond donors (Lipinski definition) is 1. The Hall–Kier alpha value is -3.48. The van der Waals surface area contributed by atoms with Gasteiger partial charge in [-0.3, -0.25) is 4.79 Å². The number of esters is 1. The maximum Gasteiger partial charge on any atom is 0.351 e. The van der Waals surface area contributed by atoms with Crippen molar-refractivity contribution in [3.63, 3.8) is 0 Å². The Kier molecular flexibility index (Phi) is 4.79. The lowest BCUT2D eigenvalue weighted by Gasteiger charge is -2.13. The Morgan fingerprint density at radius 1 is 1.12 bits per heavy atom. The molecular weight excluding hydrogens is 341 g/mol. The second-order valence-corrected chi connectivity index (χ2v) is 5.53. The molecular formula is C19H14FNO5. The molecule has 132 valence electrons. The molecule has 0 saturated heterocycles. The van der Waals surface area contributed by atoms with Crippen molar-refractivity contribution in [1.82, 2.24) is 0 Å². The van der Waals surface area contributed by atoms with Gasteiger partial charge in [0.05, 0.1) is 0 Å². The van der Waals surface area contributed by atoms with Gasteiger partial charge in [-0.15, -0.1) is 0 Å². The minimum atomic E-state index is -1.17. The van der Waals surface area contributed by atoms with Crippen molar-refractivity contribution in [2.75, 3.05) is 5.32 Å². The summed E-state index contributed by atoms with van der Waals surface area (Å²) in [5.41, 5.74) is -0.453. The third kappa shape index (κ3) is 3.77. The molecule has 1 atom stereocenters. The van der Waals surface area contributed by atoms with Crippen LogP contribution in [0.2, 0.25) is 0 Å². The zero-order valence-corrected chi connectivity index (χ0v) is 13.7. The topological polar surface area (TPSA) is 85.6 Å². The van der Waals surface area contributed by atoms with Gasteiger partial charge in [-0.25, -0.2) is 14.0 Å². The molecule has 26 heavy (non-hydrogen) atoms. The van der Waals surface area contributed by atoms with Gasteiger partial charge in [-0.05, 0) is 43.3 Å². The summed E-state index contributed by atoms with van der Waals surface area (Å²) in [6.45, 7) is 1.36. The average molecular weight is 355 g/mol. The molecule has 0 fully saturated rings. The number of carbonyl (C=O) groups excluding carboxylic acids is 2. The first kappa shape index (κ1) is 17.3. The number of anilines is 1. The van der Waals surface area contributed by atoms with E-state index in [0.29, 0.717) is 16.7 Å². The number of carbonyl (C=O) groups is 2. The van der Waals surface area contributed by atoms with Gasteiger partial charge in [-0.2, -0.15) is 0 Å². The number of halogens is 1. The van der Waals surface area contributed by atoms with Crippen molar-refractivity contribution < 1.29 is 23.1 Å². The summed E-state index contributed by atoms with van der Waals surface area (Å²) in [6.07, 6.45) is -1.17. The van der Waals surface area contributed by atoms with E-state index in [4.69, 9.17) is 9.15 Å². The summed E-state index contributed by atoms with van der Waals surface area (Å²) >= 11 is 0. The van der Waals surface area contributed by atoms with Gasteiger partial charge in [0, 0.05) is 11.1 Å². The Morgan fingerprint density at radius 2 is 1.81 bits per heavy atom. The molecule has 0 bridgehead atoms. The van der Waals surface area contributed by atoms with E-state index < -0.39 is 29.4 Å². The molecule has 0 aliphatic heterocycles. The lowest BCUT2D eigenvalue weighted by Crippen LogP contribution is -2.31. The number of para-hydroxylation sites is 1. The molecule has 3 aromatic rings. The van der Waals surface area contributed by atoms with Gasteiger partial charge >= 0.3 is 11.6 Å². The van der Waals surface area contributed by atoms with Crippen molar-refractivity contribution in [1.29, 1.82) is 0 Å². The molecule has 0 spiro atoms. The molecule has 0 unspecified atom stereocenters. The fourth-order valence-corrected chi connectivity index (χ4v) is 2.26. The number of nitrogens with one attached hydrogen (secondary N) is 1. The van der Waals surface area contributed by atoms with Crippen LogP contribution >= 0.6 is 0 Å². The maximum absolute atomic E-state index is 12.9. The number of fused-ring (bicyclic) bond motifs is 1. The number of hydrogen-bond acceptors (Lipinski definition) is 5. The molecule has 6 nitrogen and oxygen atoms in total. The lowest BCUT2D eigenvalue weighted by molar-refractivity contribution is -0.123. The summed E-state index contributed by atoms with van der Waals surface area (Å²) in [7, 11) is 0. The smallest absolute Gasteiger partial charge is 0.351 e. The number of ether oxygens (including phenoxy) is 1. The summed E-state index contributed by atoms with van der Waals surface area (Å²) in [5.74, 6) is -2.02. The Morgan fingerprint density at radius 3 is 2.54 bits per heavy atom. The molecule has 7 heteroatoms. The van der Waals surface area contributed by atoms with Gasteiger partial charge in [0.1, 0.15) is 17.0 Å². The van der Waals surface area contributed by atoms with E-state index in [2.05, 4.69) is 5.32 Å². The van der Waals surface area contributed by atoms with Gasteiger partial charge in [0.2, 0.25) is 0 Å². The number of rotatable bonds is 4. The standard InChI is InChI=1S/C19H14FNO5/c1-11(17(22)21-14-8-6-13(20)7-9-14)25-18(23)15-10-12-4-2-3-5-16(12)26-19(15)24/h2-11H,1H3,(H,21,22)/t11-/m1/s1. The van der Waals surface area contributed by atoms with E-state index in [1.54, 1.807) is 24.3 Å². The van der Waals surface area contributed by atoms with E-state index in [1.165, 1.54) is 37.3 Å². The van der Waals surface area contributed by atoms with Gasteiger partial charge in [-0.1, -0.05) is 18.2 Å². The normalized spacial score (nSPS) is 11.8. The minimum absolute atomic E-state index is 0.301. The fraction of sp³-hybridized carbons (Fsp3) is 0.105. The van der Waals surface area contributed by atoms with Gasteiger partial charge in [0.25, 0.3) is 5.91 Å². The van der Waals surface area contributed by atoms with Crippen molar-refractivity contribution >= 4 is 28.5 Å². The van der Waals surface area contributed by atoms with E-state index in [0.717, 1.165) is 0 Å². The second kappa shape index (κ2) is 7.18. The van der Waals surface area contributed by atoms with Crippen LogP contribution < -0.4 is 10.9 Å². The highest BCUT2D eigenvalue weighted by atomic mass is 19.1. The van der Waals surface area contributed by atoms with Crippen LogP contribution in [0.5, 0.6) is 0 Å². The predicted molar refractivity (Wildman–Crippen MR) is 92.4 cm³/mol. The lowest BCUT2D eigenvalue weighted by atomic mass is 10.2. The molecule has 3 rings (SSSR count). The van der Waals surface area contributed by atoms with E-state index in [1.807, 2.05) is 0 Å². The van der Waals surface area contributed by atoms with E-state index in [-0.39, 0.29) is 5.56 Å². The quantitative estimate of drug-likeness (QED) is 0.574. The largest absolute Gasteiger partial charge is 0.449 e. The van der Waals surface area contributed by atoms with Crippen molar-refractivity contribution in [3.8, 4) is 0 Å². The first-order chi connectivity index (χ1) is 12.4. The van der Waals surface area contributed by atoms with Gasteiger partial charge < -0.3 is 14.5 Å². The van der Waals surface area contributed by atoms with Crippen molar-refractivity contribution in [3.05, 3.63) is 76.4 Å². The number of amides is 1. The zero-order chi connectivity index (χ0) is 18.7. The molecule has 0 radical (unpaired) electrons. The summed E-state index contributed by atoms with van der Waals surface area (Å²) in [5, 5.41) is 3.04. The van der Waals surface area contributed by atoms with Crippen molar-refractivity contribution in [2.24, 2.45) is 0 Å². The van der Waals surface area contributed by atoms with Crippen LogP contribution in [0, 0.1) is 5.82 Å². The molecule has 2 aromatic carbocycles. The second-order valence-electron chi connectivity index (χ2n) is 5.53. The molecule has 1 aromatic heterocycles. The van der Waals surface area contributed by atoms with Crippen LogP contribution in [0.15, 0.2) is 63.8 Å². The highest BCUT2D eigenvalue weighted by Gasteiger charge is 2.22. The Balaban J connectivity index is 1.72. The first-order valence-corrected chi connectivity index (χ1v) is 7.74. The molecule has 0 aliphatic carbocycles. The third-order valence-electron chi connectivity index (χ3n) is 3.63. The van der Waals surface area contributed by atoms with Crippen LogP contribution in [0.25, 0.3) is 11.0 Å². The number of benzene rings is 2. The van der Waals surface area contributed by atoms with Crippen LogP contribution in [0.4, 0.5) is 10.1 Å². The third-order valence-corrected chi connectivity index (χ3v) is 3.63. The van der Waals surface area contributed by atoms with Crippen LogP contribution in [-0.4, -0.2) is 18.0 Å². The fourth-order valence-electron chi connectivity index (χ4n) is 2.26. The monoisotopic (exact) mass is 355 g/mol. The molecule has 1 amide bonds. The summed E-state index contributed by atoms with van der Waals surface area (Å²) in [4.78, 5) is 36.2. The van der Waals surface area contributed by atoms with Crippen LogP contribution in [0.1, 0.15) is 17.3 Å². The molecule has 1 heterocycles. The first-order valence-electron chi connectivity index (χ1n) is 7.74. The highest BCUT2D eigenvalue weighted by Crippen LogP contribution is 2.14. The van der Waals surface area contributed by atoms with Crippen LogP contribution in [0.3, 0.4) is 0 Å². The Labute approximate surface area is 147 Å². The van der Waals surface area contributed by atoms with Crippen LogP contribution in [-0.2, 0) is 9.53 Å². The molecule has 1 N–H and O–H groups in total.